The molecule has 2 aromatic carbocycles. The van der Waals surface area contributed by atoms with Crippen molar-refractivity contribution in [2.24, 2.45) is 0 Å². The van der Waals surface area contributed by atoms with Crippen LogP contribution in [0.15, 0.2) is 42.5 Å². The Bertz CT molecular complexity index is 703. The number of benzene rings is 2. The molecule has 0 radical (unpaired) electrons. The molecule has 0 heterocycles. The first-order chi connectivity index (χ1) is 10.9. The molecule has 0 spiro atoms. The first-order valence-corrected chi connectivity index (χ1v) is 7.85. The van der Waals surface area contributed by atoms with Crippen LogP contribution in [0.2, 0.25) is 10.0 Å². The van der Waals surface area contributed by atoms with Crippen LogP contribution in [0.3, 0.4) is 0 Å². The average Bonchev–Trinajstić information content (AvgIpc) is 2.54. The minimum absolute atomic E-state index is 0.0709. The first-order valence-electron chi connectivity index (χ1n) is 7.09. The Labute approximate surface area is 145 Å². The topological polar surface area (TPSA) is 43.4 Å². The highest BCUT2D eigenvalue weighted by Gasteiger charge is 2.20. The van der Waals surface area contributed by atoms with Gasteiger partial charge in [0, 0.05) is 12.0 Å². The number of carbonyl (C=O) groups is 2. The molecule has 0 N–H and O–H groups in total. The van der Waals surface area contributed by atoms with E-state index in [2.05, 4.69) is 4.74 Å². The van der Waals surface area contributed by atoms with Crippen LogP contribution in [0.4, 0.5) is 0 Å². The summed E-state index contributed by atoms with van der Waals surface area (Å²) in [5, 5.41) is 0.222. The van der Waals surface area contributed by atoms with Crippen molar-refractivity contribution in [3.8, 4) is 0 Å². The minimum atomic E-state index is -0.628. The van der Waals surface area contributed by atoms with Crippen molar-refractivity contribution in [2.45, 2.75) is 19.3 Å². The first kappa shape index (κ1) is 17.5. The number of methoxy groups -OCH3 is 1. The molecule has 0 aliphatic rings. The van der Waals surface area contributed by atoms with Gasteiger partial charge in [-0.05, 0) is 23.6 Å². The summed E-state index contributed by atoms with van der Waals surface area (Å²) in [7, 11) is 1.25. The van der Waals surface area contributed by atoms with E-state index in [1.165, 1.54) is 19.2 Å². The number of ketones is 1. The Balaban J connectivity index is 2.22. The smallest absolute Gasteiger partial charge is 0.340 e. The number of esters is 1. The van der Waals surface area contributed by atoms with Gasteiger partial charge in [0.05, 0.1) is 22.7 Å². The normalized spacial score (nSPS) is 11.8. The highest BCUT2D eigenvalue weighted by molar-refractivity contribution is 6.39. The van der Waals surface area contributed by atoms with E-state index in [4.69, 9.17) is 23.2 Å². The number of rotatable bonds is 5. The number of hydrogen-bond donors (Lipinski definition) is 0. The average molecular weight is 351 g/mol. The van der Waals surface area contributed by atoms with Gasteiger partial charge < -0.3 is 4.74 Å². The number of hydrogen-bond acceptors (Lipinski definition) is 3. The Hall–Kier alpha value is -1.84. The molecule has 2 rings (SSSR count). The van der Waals surface area contributed by atoms with E-state index in [0.29, 0.717) is 12.0 Å². The number of ether oxygens (including phenoxy) is 1. The van der Waals surface area contributed by atoms with Crippen molar-refractivity contribution in [2.75, 3.05) is 7.11 Å². The summed E-state index contributed by atoms with van der Waals surface area (Å²) in [4.78, 5) is 24.1. The number of halogens is 2. The lowest BCUT2D eigenvalue weighted by Crippen LogP contribution is -2.08. The SMILES string of the molecule is COC(=O)c1c(Cl)cc(C(=O)C[C@@H](C)c2ccccc2)cc1Cl. The molecule has 1 atom stereocenters. The minimum Gasteiger partial charge on any atom is -0.465 e. The Morgan fingerprint density at radius 1 is 1.09 bits per heavy atom. The van der Waals surface area contributed by atoms with Crippen molar-refractivity contribution in [3.63, 3.8) is 0 Å². The summed E-state index contributed by atoms with van der Waals surface area (Å²) in [6.07, 6.45) is 0.328. The standard InChI is InChI=1S/C18H16Cl2O3/c1-11(12-6-4-3-5-7-12)8-16(21)13-9-14(19)17(15(20)10-13)18(22)23-2/h3-7,9-11H,8H2,1-2H3/t11-/m1/s1. The molecule has 0 aromatic heterocycles. The fourth-order valence-electron chi connectivity index (χ4n) is 2.33. The maximum atomic E-state index is 12.5. The number of carbonyl (C=O) groups excluding carboxylic acids is 2. The summed E-state index contributed by atoms with van der Waals surface area (Å²) in [5.41, 5.74) is 1.54. The van der Waals surface area contributed by atoms with Crippen molar-refractivity contribution in [1.29, 1.82) is 0 Å². The van der Waals surface area contributed by atoms with Gasteiger partial charge in [-0.2, -0.15) is 0 Å². The summed E-state index contributed by atoms with van der Waals surface area (Å²) >= 11 is 12.1. The summed E-state index contributed by atoms with van der Waals surface area (Å²) in [5.74, 6) is -0.639. The van der Waals surface area contributed by atoms with Gasteiger partial charge in [0.25, 0.3) is 0 Å². The zero-order valence-corrected chi connectivity index (χ0v) is 14.3. The van der Waals surface area contributed by atoms with Crippen LogP contribution in [-0.2, 0) is 4.74 Å². The maximum Gasteiger partial charge on any atom is 0.340 e. The molecule has 2 aromatic rings. The maximum absolute atomic E-state index is 12.5. The predicted molar refractivity (Wildman–Crippen MR) is 91.6 cm³/mol. The number of Topliss-reactive ketones (excluding diaryl/α,β-unsaturated/α-hetero) is 1. The van der Waals surface area contributed by atoms with E-state index in [1.54, 1.807) is 0 Å². The second kappa shape index (κ2) is 7.62. The van der Waals surface area contributed by atoms with Gasteiger partial charge in [0.15, 0.2) is 5.78 Å². The molecule has 0 aliphatic carbocycles. The van der Waals surface area contributed by atoms with Crippen molar-refractivity contribution < 1.29 is 14.3 Å². The Kier molecular flexibility index (Phi) is 5.80. The molecule has 5 heteroatoms. The van der Waals surface area contributed by atoms with Crippen LogP contribution in [0.1, 0.15) is 45.5 Å². The fourth-order valence-corrected chi connectivity index (χ4v) is 2.97. The summed E-state index contributed by atoms with van der Waals surface area (Å²) in [6, 6.07) is 12.7. The third-order valence-electron chi connectivity index (χ3n) is 3.61. The molecular formula is C18H16Cl2O3. The van der Waals surface area contributed by atoms with Crippen LogP contribution in [0, 0.1) is 0 Å². The van der Waals surface area contributed by atoms with Gasteiger partial charge in [-0.25, -0.2) is 4.79 Å². The second-order valence-corrected chi connectivity index (χ2v) is 6.06. The van der Waals surface area contributed by atoms with Crippen LogP contribution in [0.5, 0.6) is 0 Å². The molecule has 3 nitrogen and oxygen atoms in total. The fraction of sp³-hybridized carbons (Fsp3) is 0.222. The highest BCUT2D eigenvalue weighted by Crippen LogP contribution is 2.29. The van der Waals surface area contributed by atoms with Gasteiger partial charge >= 0.3 is 5.97 Å². The zero-order chi connectivity index (χ0) is 17.0. The van der Waals surface area contributed by atoms with E-state index in [-0.39, 0.29) is 27.3 Å². The lowest BCUT2D eigenvalue weighted by atomic mass is 9.93. The van der Waals surface area contributed by atoms with Crippen LogP contribution in [0.25, 0.3) is 0 Å². The molecule has 0 unspecified atom stereocenters. The third kappa shape index (κ3) is 4.12. The molecule has 0 saturated heterocycles. The van der Waals surface area contributed by atoms with Crippen molar-refractivity contribution in [1.82, 2.24) is 0 Å². The molecule has 0 fully saturated rings. The van der Waals surface area contributed by atoms with Gasteiger partial charge in [-0.1, -0.05) is 60.5 Å². The molecular weight excluding hydrogens is 335 g/mol. The molecule has 0 amide bonds. The van der Waals surface area contributed by atoms with Crippen LogP contribution < -0.4 is 0 Å². The largest absolute Gasteiger partial charge is 0.465 e. The van der Waals surface area contributed by atoms with Gasteiger partial charge in [0.1, 0.15) is 0 Å². The zero-order valence-electron chi connectivity index (χ0n) is 12.8. The van der Waals surface area contributed by atoms with E-state index < -0.39 is 5.97 Å². The quantitative estimate of drug-likeness (QED) is 0.552. The molecule has 0 aliphatic heterocycles. The van der Waals surface area contributed by atoms with E-state index >= 15 is 0 Å². The van der Waals surface area contributed by atoms with E-state index in [9.17, 15) is 9.59 Å². The van der Waals surface area contributed by atoms with Crippen molar-refractivity contribution in [3.05, 3.63) is 69.2 Å². The monoisotopic (exact) mass is 350 g/mol. The Morgan fingerprint density at radius 3 is 2.17 bits per heavy atom. The molecule has 23 heavy (non-hydrogen) atoms. The van der Waals surface area contributed by atoms with Crippen LogP contribution in [-0.4, -0.2) is 18.9 Å². The van der Waals surface area contributed by atoms with Gasteiger partial charge in [0.2, 0.25) is 0 Å². The predicted octanol–water partition coefficient (Wildman–Crippen LogP) is 5.16. The van der Waals surface area contributed by atoms with E-state index in [0.717, 1.165) is 5.56 Å². The summed E-state index contributed by atoms with van der Waals surface area (Å²) in [6.45, 7) is 1.99. The molecule has 0 bridgehead atoms. The molecule has 0 saturated carbocycles. The van der Waals surface area contributed by atoms with Crippen molar-refractivity contribution >= 4 is 35.0 Å². The second-order valence-electron chi connectivity index (χ2n) is 5.25. The highest BCUT2D eigenvalue weighted by atomic mass is 35.5. The lowest BCUT2D eigenvalue weighted by Gasteiger charge is -2.12. The Morgan fingerprint density at radius 2 is 1.65 bits per heavy atom. The molecule has 120 valence electrons. The van der Waals surface area contributed by atoms with Crippen LogP contribution >= 0.6 is 23.2 Å². The third-order valence-corrected chi connectivity index (χ3v) is 4.21. The van der Waals surface area contributed by atoms with Gasteiger partial charge in [-0.3, -0.25) is 4.79 Å². The summed E-state index contributed by atoms with van der Waals surface area (Å²) < 4.78 is 4.63. The lowest BCUT2D eigenvalue weighted by molar-refractivity contribution is 0.0600. The van der Waals surface area contributed by atoms with Gasteiger partial charge in [-0.15, -0.1) is 0 Å². The van der Waals surface area contributed by atoms with E-state index in [1.807, 2.05) is 37.3 Å².